The number of nitrogens with one attached hydrogen (secondary N) is 1. The molecule has 0 bridgehead atoms. The summed E-state index contributed by atoms with van der Waals surface area (Å²) in [5, 5.41) is 3.09. The van der Waals surface area contributed by atoms with Crippen LogP contribution in [0.3, 0.4) is 0 Å². The molecular weight excluding hydrogens is 262 g/mol. The second-order valence-electron chi connectivity index (χ2n) is 6.37. The van der Waals surface area contributed by atoms with Gasteiger partial charge in [0.05, 0.1) is 0 Å². The van der Waals surface area contributed by atoms with E-state index in [9.17, 15) is 4.79 Å². The lowest BCUT2D eigenvalue weighted by molar-refractivity contribution is 0.112. The molecule has 2 aliphatic rings. The fourth-order valence-electron chi connectivity index (χ4n) is 3.20. The van der Waals surface area contributed by atoms with E-state index in [0.29, 0.717) is 6.04 Å². The highest BCUT2D eigenvalue weighted by Gasteiger charge is 2.22. The first-order valence-electron chi connectivity index (χ1n) is 8.65. The average Bonchev–Trinajstić information content (AvgIpc) is 2.55. The van der Waals surface area contributed by atoms with Crippen LogP contribution < -0.4 is 5.32 Å². The number of carbonyl (C=O) groups excluding carboxylic acids is 1. The molecule has 0 saturated carbocycles. The minimum absolute atomic E-state index is 0.121. The van der Waals surface area contributed by atoms with Crippen LogP contribution in [-0.4, -0.2) is 54.6 Å². The van der Waals surface area contributed by atoms with Gasteiger partial charge >= 0.3 is 6.03 Å². The number of urea groups is 1. The van der Waals surface area contributed by atoms with Crippen LogP contribution in [0.1, 0.15) is 52.4 Å². The zero-order chi connectivity index (χ0) is 15.1. The summed E-state index contributed by atoms with van der Waals surface area (Å²) >= 11 is 0. The molecule has 1 aliphatic carbocycles. The summed E-state index contributed by atoms with van der Waals surface area (Å²) in [4.78, 5) is 16.6. The van der Waals surface area contributed by atoms with Crippen LogP contribution >= 0.6 is 0 Å². The van der Waals surface area contributed by atoms with E-state index in [-0.39, 0.29) is 6.03 Å². The molecular formula is C17H31N3O. The summed E-state index contributed by atoms with van der Waals surface area (Å²) in [5.74, 6) is 0. The van der Waals surface area contributed by atoms with Crippen molar-refractivity contribution < 1.29 is 4.79 Å². The molecule has 0 radical (unpaired) electrons. The molecule has 1 atom stereocenters. The van der Waals surface area contributed by atoms with Crippen LogP contribution in [0, 0.1) is 0 Å². The second kappa shape index (κ2) is 8.42. The Morgan fingerprint density at radius 2 is 2.05 bits per heavy atom. The van der Waals surface area contributed by atoms with Crippen LogP contribution in [0.4, 0.5) is 4.79 Å². The van der Waals surface area contributed by atoms with E-state index >= 15 is 0 Å². The van der Waals surface area contributed by atoms with Crippen molar-refractivity contribution in [2.75, 3.05) is 32.7 Å². The highest BCUT2D eigenvalue weighted by atomic mass is 16.2. The molecule has 2 amide bonds. The maximum Gasteiger partial charge on any atom is 0.317 e. The van der Waals surface area contributed by atoms with Crippen LogP contribution in [-0.2, 0) is 0 Å². The molecule has 0 aromatic carbocycles. The summed E-state index contributed by atoms with van der Waals surface area (Å²) in [6.07, 6.45) is 9.67. The van der Waals surface area contributed by atoms with Crippen molar-refractivity contribution in [3.63, 3.8) is 0 Å². The molecule has 120 valence electrons. The number of carbonyl (C=O) groups is 1. The number of allylic oxidation sites excluding steroid dienone is 1. The SMILES string of the molecule is CCC(C)N1CCN(C(=O)NCCC2=CCCCC2)CC1. The van der Waals surface area contributed by atoms with E-state index < -0.39 is 0 Å². The largest absolute Gasteiger partial charge is 0.338 e. The van der Waals surface area contributed by atoms with Gasteiger partial charge in [0.25, 0.3) is 0 Å². The average molecular weight is 293 g/mol. The van der Waals surface area contributed by atoms with Crippen molar-refractivity contribution in [3.8, 4) is 0 Å². The fraction of sp³-hybridized carbons (Fsp3) is 0.824. The first kappa shape index (κ1) is 16.3. The van der Waals surface area contributed by atoms with E-state index in [1.807, 2.05) is 4.90 Å². The van der Waals surface area contributed by atoms with Crippen LogP contribution in [0.15, 0.2) is 11.6 Å². The Morgan fingerprint density at radius 1 is 1.29 bits per heavy atom. The molecule has 4 heteroatoms. The molecule has 1 fully saturated rings. The molecule has 1 N–H and O–H groups in total. The Hall–Kier alpha value is -1.03. The lowest BCUT2D eigenvalue weighted by Crippen LogP contribution is -2.53. The number of piperazine rings is 1. The van der Waals surface area contributed by atoms with Gasteiger partial charge in [-0.15, -0.1) is 0 Å². The van der Waals surface area contributed by atoms with Gasteiger partial charge in [-0.1, -0.05) is 18.6 Å². The van der Waals surface area contributed by atoms with E-state index in [0.717, 1.165) is 39.1 Å². The summed E-state index contributed by atoms with van der Waals surface area (Å²) in [6.45, 7) is 9.02. The number of rotatable bonds is 5. The Labute approximate surface area is 129 Å². The first-order valence-corrected chi connectivity index (χ1v) is 8.65. The van der Waals surface area contributed by atoms with Gasteiger partial charge in [-0.05, 0) is 45.4 Å². The van der Waals surface area contributed by atoms with Gasteiger partial charge in [-0.25, -0.2) is 4.79 Å². The third-order valence-electron chi connectivity index (χ3n) is 4.92. The fourth-order valence-corrected chi connectivity index (χ4v) is 3.20. The quantitative estimate of drug-likeness (QED) is 0.791. The van der Waals surface area contributed by atoms with Crippen LogP contribution in [0.2, 0.25) is 0 Å². The van der Waals surface area contributed by atoms with Crippen molar-refractivity contribution in [2.45, 2.75) is 58.4 Å². The Bertz CT molecular complexity index is 359. The first-order chi connectivity index (χ1) is 10.2. The third-order valence-corrected chi connectivity index (χ3v) is 4.92. The normalized spacial score (nSPS) is 21.8. The van der Waals surface area contributed by atoms with Crippen molar-refractivity contribution in [3.05, 3.63) is 11.6 Å². The molecule has 4 nitrogen and oxygen atoms in total. The van der Waals surface area contributed by atoms with E-state index in [1.54, 1.807) is 0 Å². The molecule has 2 rings (SSSR count). The summed E-state index contributed by atoms with van der Waals surface area (Å²) in [5.41, 5.74) is 1.53. The zero-order valence-corrected chi connectivity index (χ0v) is 13.7. The van der Waals surface area contributed by atoms with Gasteiger partial charge in [-0.3, -0.25) is 4.90 Å². The predicted octanol–water partition coefficient (Wildman–Crippen LogP) is 3.00. The molecule has 21 heavy (non-hydrogen) atoms. The molecule has 1 saturated heterocycles. The van der Waals surface area contributed by atoms with Gasteiger partial charge in [0.2, 0.25) is 0 Å². The highest BCUT2D eigenvalue weighted by molar-refractivity contribution is 5.74. The monoisotopic (exact) mass is 293 g/mol. The number of amides is 2. The minimum atomic E-state index is 0.121. The lowest BCUT2D eigenvalue weighted by atomic mass is 9.97. The number of hydrogen-bond acceptors (Lipinski definition) is 2. The molecule has 1 unspecified atom stereocenters. The second-order valence-corrected chi connectivity index (χ2v) is 6.37. The van der Waals surface area contributed by atoms with E-state index in [1.165, 1.54) is 37.7 Å². The summed E-state index contributed by atoms with van der Waals surface area (Å²) in [7, 11) is 0. The maximum absolute atomic E-state index is 12.2. The smallest absolute Gasteiger partial charge is 0.317 e. The summed E-state index contributed by atoms with van der Waals surface area (Å²) < 4.78 is 0. The van der Waals surface area contributed by atoms with Crippen molar-refractivity contribution in [2.24, 2.45) is 0 Å². The highest BCUT2D eigenvalue weighted by Crippen LogP contribution is 2.19. The topological polar surface area (TPSA) is 35.6 Å². The molecule has 0 spiro atoms. The molecule has 1 heterocycles. The molecule has 0 aromatic rings. The zero-order valence-electron chi connectivity index (χ0n) is 13.7. The van der Waals surface area contributed by atoms with Crippen molar-refractivity contribution in [1.29, 1.82) is 0 Å². The van der Waals surface area contributed by atoms with Crippen LogP contribution in [0.25, 0.3) is 0 Å². The van der Waals surface area contributed by atoms with Gasteiger partial charge in [0.15, 0.2) is 0 Å². The number of nitrogens with zero attached hydrogens (tertiary/aromatic N) is 2. The molecule has 1 aliphatic heterocycles. The predicted molar refractivity (Wildman–Crippen MR) is 87.5 cm³/mol. The van der Waals surface area contributed by atoms with Crippen molar-refractivity contribution >= 4 is 6.03 Å². The maximum atomic E-state index is 12.2. The lowest BCUT2D eigenvalue weighted by Gasteiger charge is -2.37. The van der Waals surface area contributed by atoms with Gasteiger partial charge in [0, 0.05) is 38.8 Å². The van der Waals surface area contributed by atoms with Gasteiger partial charge < -0.3 is 10.2 Å². The Morgan fingerprint density at radius 3 is 2.67 bits per heavy atom. The Balaban J connectivity index is 1.64. The van der Waals surface area contributed by atoms with Crippen molar-refractivity contribution in [1.82, 2.24) is 15.1 Å². The third kappa shape index (κ3) is 5.03. The standard InChI is InChI=1S/C17H31N3O/c1-3-15(2)19-11-13-20(14-12-19)17(21)18-10-9-16-7-5-4-6-8-16/h7,15H,3-6,8-14H2,1-2H3,(H,18,21). The van der Waals surface area contributed by atoms with Gasteiger partial charge in [-0.2, -0.15) is 0 Å². The minimum Gasteiger partial charge on any atom is -0.338 e. The Kier molecular flexibility index (Phi) is 6.55. The van der Waals surface area contributed by atoms with E-state index in [2.05, 4.69) is 30.1 Å². The van der Waals surface area contributed by atoms with Gasteiger partial charge in [0.1, 0.15) is 0 Å². The molecule has 0 aromatic heterocycles. The van der Waals surface area contributed by atoms with Crippen LogP contribution in [0.5, 0.6) is 0 Å². The van der Waals surface area contributed by atoms with E-state index in [4.69, 9.17) is 0 Å². The summed E-state index contributed by atoms with van der Waals surface area (Å²) in [6, 6.07) is 0.753. The number of hydrogen-bond donors (Lipinski definition) is 1.